The van der Waals surface area contributed by atoms with E-state index in [1.54, 1.807) is 7.11 Å². The van der Waals surface area contributed by atoms with Gasteiger partial charge in [0.15, 0.2) is 0 Å². The minimum atomic E-state index is -0.603. The first-order valence-electron chi connectivity index (χ1n) is 7.16. The third kappa shape index (κ3) is 3.25. The third-order valence-electron chi connectivity index (χ3n) is 4.99. The quantitative estimate of drug-likeness (QED) is 0.790. The molecule has 1 aliphatic carbocycles. The first kappa shape index (κ1) is 15.5. The van der Waals surface area contributed by atoms with Gasteiger partial charge in [0.05, 0.1) is 5.41 Å². The summed E-state index contributed by atoms with van der Waals surface area (Å²) in [7, 11) is 1.68. The van der Waals surface area contributed by atoms with Gasteiger partial charge in [-0.1, -0.05) is 20.8 Å². The molecular weight excluding hydrogens is 228 g/mol. The number of ether oxygens (including phenoxy) is 1. The number of rotatable bonds is 6. The van der Waals surface area contributed by atoms with Crippen LogP contribution >= 0.6 is 0 Å². The van der Waals surface area contributed by atoms with Gasteiger partial charge >= 0.3 is 5.97 Å². The van der Waals surface area contributed by atoms with E-state index in [0.29, 0.717) is 18.4 Å². The highest BCUT2D eigenvalue weighted by molar-refractivity contribution is 5.75. The van der Waals surface area contributed by atoms with Crippen molar-refractivity contribution in [2.75, 3.05) is 13.7 Å². The Bertz CT molecular complexity index is 265. The second kappa shape index (κ2) is 6.55. The molecule has 0 aliphatic heterocycles. The van der Waals surface area contributed by atoms with E-state index in [9.17, 15) is 9.90 Å². The van der Waals surface area contributed by atoms with Gasteiger partial charge in [-0.05, 0) is 49.9 Å². The fourth-order valence-corrected chi connectivity index (χ4v) is 3.31. The normalized spacial score (nSPS) is 30.4. The van der Waals surface area contributed by atoms with Gasteiger partial charge in [-0.15, -0.1) is 0 Å². The van der Waals surface area contributed by atoms with E-state index in [1.807, 2.05) is 0 Å². The van der Waals surface area contributed by atoms with Gasteiger partial charge in [-0.3, -0.25) is 4.79 Å². The highest BCUT2D eigenvalue weighted by atomic mass is 16.5. The Morgan fingerprint density at radius 3 is 2.28 bits per heavy atom. The topological polar surface area (TPSA) is 46.5 Å². The minimum Gasteiger partial charge on any atom is -0.481 e. The van der Waals surface area contributed by atoms with Gasteiger partial charge in [0, 0.05) is 13.7 Å². The molecule has 1 atom stereocenters. The van der Waals surface area contributed by atoms with Crippen molar-refractivity contribution >= 4 is 5.97 Å². The van der Waals surface area contributed by atoms with Gasteiger partial charge < -0.3 is 9.84 Å². The Morgan fingerprint density at radius 1 is 1.33 bits per heavy atom. The number of carboxylic acids is 1. The zero-order valence-electron chi connectivity index (χ0n) is 12.2. The molecule has 1 N–H and O–H groups in total. The van der Waals surface area contributed by atoms with Crippen molar-refractivity contribution in [3.63, 3.8) is 0 Å². The summed E-state index contributed by atoms with van der Waals surface area (Å²) in [6, 6.07) is 0. The van der Waals surface area contributed by atoms with Crippen LogP contribution in [0.1, 0.15) is 52.9 Å². The van der Waals surface area contributed by atoms with E-state index in [-0.39, 0.29) is 5.92 Å². The molecule has 0 heterocycles. The first-order valence-corrected chi connectivity index (χ1v) is 7.16. The lowest BCUT2D eigenvalue weighted by molar-refractivity contribution is -0.156. The largest absolute Gasteiger partial charge is 0.481 e. The predicted molar refractivity (Wildman–Crippen MR) is 72.5 cm³/mol. The van der Waals surface area contributed by atoms with E-state index >= 15 is 0 Å². The summed E-state index contributed by atoms with van der Waals surface area (Å²) in [5, 5.41) is 9.64. The van der Waals surface area contributed by atoms with Crippen LogP contribution in [-0.4, -0.2) is 24.8 Å². The molecule has 0 radical (unpaired) electrons. The van der Waals surface area contributed by atoms with Crippen LogP contribution in [0.4, 0.5) is 0 Å². The van der Waals surface area contributed by atoms with E-state index in [4.69, 9.17) is 4.74 Å². The van der Waals surface area contributed by atoms with Gasteiger partial charge in [-0.25, -0.2) is 0 Å². The fraction of sp³-hybridized carbons (Fsp3) is 0.933. The van der Waals surface area contributed by atoms with Crippen LogP contribution in [0.15, 0.2) is 0 Å². The molecule has 1 aliphatic rings. The van der Waals surface area contributed by atoms with Crippen LogP contribution in [0.3, 0.4) is 0 Å². The SMILES string of the molecule is COCCC(C)C1(C(=O)O)CCC(C(C)C)CC1. The number of hydrogen-bond donors (Lipinski definition) is 1. The van der Waals surface area contributed by atoms with Crippen molar-refractivity contribution < 1.29 is 14.6 Å². The maximum absolute atomic E-state index is 11.7. The van der Waals surface area contributed by atoms with Crippen molar-refractivity contribution in [1.82, 2.24) is 0 Å². The van der Waals surface area contributed by atoms with Crippen LogP contribution in [0.5, 0.6) is 0 Å². The Balaban J connectivity index is 2.69. The van der Waals surface area contributed by atoms with Crippen molar-refractivity contribution in [3.05, 3.63) is 0 Å². The highest BCUT2D eigenvalue weighted by Crippen LogP contribution is 2.47. The predicted octanol–water partition coefficient (Wildman–Crippen LogP) is 3.58. The van der Waals surface area contributed by atoms with E-state index in [1.165, 1.54) is 0 Å². The second-order valence-electron chi connectivity index (χ2n) is 6.23. The smallest absolute Gasteiger partial charge is 0.309 e. The van der Waals surface area contributed by atoms with E-state index < -0.39 is 11.4 Å². The number of carboxylic acid groups (broad SMARTS) is 1. The molecule has 0 amide bonds. The van der Waals surface area contributed by atoms with Gasteiger partial charge in [0.1, 0.15) is 0 Å². The van der Waals surface area contributed by atoms with Crippen molar-refractivity contribution in [2.45, 2.75) is 52.9 Å². The van der Waals surface area contributed by atoms with E-state index in [2.05, 4.69) is 20.8 Å². The number of hydrogen-bond acceptors (Lipinski definition) is 2. The highest BCUT2D eigenvalue weighted by Gasteiger charge is 2.46. The molecule has 18 heavy (non-hydrogen) atoms. The number of aliphatic carboxylic acids is 1. The zero-order chi connectivity index (χ0) is 13.8. The monoisotopic (exact) mass is 256 g/mol. The zero-order valence-corrected chi connectivity index (χ0v) is 12.2. The van der Waals surface area contributed by atoms with Crippen LogP contribution in [0.25, 0.3) is 0 Å². The lowest BCUT2D eigenvalue weighted by Crippen LogP contribution is -2.42. The van der Waals surface area contributed by atoms with Gasteiger partial charge in [0.2, 0.25) is 0 Å². The summed E-state index contributed by atoms with van der Waals surface area (Å²) >= 11 is 0. The molecular formula is C15H28O3. The molecule has 0 aromatic carbocycles. The molecule has 1 rings (SSSR count). The van der Waals surface area contributed by atoms with Gasteiger partial charge in [0.25, 0.3) is 0 Å². The molecule has 0 aromatic rings. The molecule has 0 aromatic heterocycles. The summed E-state index contributed by atoms with van der Waals surface area (Å²) in [5.74, 6) is 0.967. The molecule has 3 nitrogen and oxygen atoms in total. The second-order valence-corrected chi connectivity index (χ2v) is 6.23. The van der Waals surface area contributed by atoms with Crippen LogP contribution in [0, 0.1) is 23.2 Å². The summed E-state index contributed by atoms with van der Waals surface area (Å²) in [6.45, 7) is 7.21. The Morgan fingerprint density at radius 2 is 1.89 bits per heavy atom. The van der Waals surface area contributed by atoms with Gasteiger partial charge in [-0.2, -0.15) is 0 Å². The van der Waals surface area contributed by atoms with Crippen molar-refractivity contribution in [1.29, 1.82) is 0 Å². The molecule has 0 spiro atoms. The number of carbonyl (C=O) groups is 1. The summed E-state index contributed by atoms with van der Waals surface area (Å²) in [4.78, 5) is 11.7. The van der Waals surface area contributed by atoms with Crippen molar-refractivity contribution in [2.24, 2.45) is 23.2 Å². The maximum atomic E-state index is 11.7. The Kier molecular flexibility index (Phi) is 5.64. The molecule has 1 unspecified atom stereocenters. The maximum Gasteiger partial charge on any atom is 0.309 e. The molecule has 0 bridgehead atoms. The Hall–Kier alpha value is -0.570. The van der Waals surface area contributed by atoms with Crippen LogP contribution in [0.2, 0.25) is 0 Å². The molecule has 0 saturated heterocycles. The lowest BCUT2D eigenvalue weighted by Gasteiger charge is -2.42. The fourth-order valence-electron chi connectivity index (χ4n) is 3.31. The summed E-state index contributed by atoms with van der Waals surface area (Å²) in [5.41, 5.74) is -0.510. The average molecular weight is 256 g/mol. The average Bonchev–Trinajstić information content (AvgIpc) is 2.35. The summed E-state index contributed by atoms with van der Waals surface area (Å²) in [6.07, 6.45) is 4.61. The third-order valence-corrected chi connectivity index (χ3v) is 4.99. The van der Waals surface area contributed by atoms with E-state index in [0.717, 1.165) is 32.1 Å². The van der Waals surface area contributed by atoms with Crippen LogP contribution in [-0.2, 0) is 9.53 Å². The Labute approximate surface area is 111 Å². The van der Waals surface area contributed by atoms with Crippen LogP contribution < -0.4 is 0 Å². The summed E-state index contributed by atoms with van der Waals surface area (Å²) < 4.78 is 5.09. The molecule has 1 saturated carbocycles. The van der Waals surface area contributed by atoms with Crippen molar-refractivity contribution in [3.8, 4) is 0 Å². The molecule has 3 heteroatoms. The number of methoxy groups -OCH3 is 1. The lowest BCUT2D eigenvalue weighted by atomic mass is 9.62. The minimum absolute atomic E-state index is 0.197. The molecule has 106 valence electrons. The first-order chi connectivity index (χ1) is 8.44. The standard InChI is InChI=1S/C15H28O3/c1-11(2)13-5-8-15(9-6-13,14(16)17)12(3)7-10-18-4/h11-13H,5-10H2,1-4H3,(H,16,17). The molecule has 1 fully saturated rings.